The van der Waals surface area contributed by atoms with Gasteiger partial charge in [-0.1, -0.05) is 13.3 Å². The van der Waals surface area contributed by atoms with Crippen molar-refractivity contribution in [3.05, 3.63) is 18.7 Å². The molecule has 0 aliphatic heterocycles. The van der Waals surface area contributed by atoms with Crippen molar-refractivity contribution in [1.82, 2.24) is 4.57 Å². The van der Waals surface area contributed by atoms with Gasteiger partial charge in [0.2, 0.25) is 6.33 Å². The third-order valence-corrected chi connectivity index (χ3v) is 1.59. The van der Waals surface area contributed by atoms with E-state index in [1.54, 1.807) is 0 Å². The van der Waals surface area contributed by atoms with Crippen molar-refractivity contribution in [3.63, 3.8) is 0 Å². The molecule has 0 spiro atoms. The maximum atomic E-state index is 4.67. The molecule has 5 heteroatoms. The Hall–Kier alpha value is 0.309. The van der Waals surface area contributed by atoms with E-state index in [-0.39, 0.29) is 0 Å². The van der Waals surface area contributed by atoms with Crippen LogP contribution in [0.15, 0.2) is 18.7 Å². The van der Waals surface area contributed by atoms with Crippen molar-refractivity contribution >= 4 is 20.2 Å². The average Bonchev–Trinajstić information content (AvgIpc) is 2.49. The summed E-state index contributed by atoms with van der Waals surface area (Å²) in [6.07, 6.45) is 8.82. The Kier molecular flexibility index (Phi) is 9.10. The van der Waals surface area contributed by atoms with E-state index in [0.29, 0.717) is 0 Å². The Bertz CT molecular complexity index is 216. The molecule has 0 N–H and O–H groups in total. The number of nitrogens with zero attached hydrogens (tertiary/aromatic N) is 2. The first-order valence-corrected chi connectivity index (χ1v) is 6.66. The van der Waals surface area contributed by atoms with Crippen molar-refractivity contribution in [2.24, 2.45) is 7.05 Å². The Morgan fingerprint density at radius 3 is 2.46 bits per heavy atom. The van der Waals surface area contributed by atoms with Crippen LogP contribution < -0.4 is 4.57 Å². The van der Waals surface area contributed by atoms with Gasteiger partial charge in [-0.05, 0) is 6.42 Å². The summed E-state index contributed by atoms with van der Waals surface area (Å²) in [6, 6.07) is 0. The van der Waals surface area contributed by atoms with E-state index in [4.69, 9.17) is 0 Å². The zero-order chi connectivity index (χ0) is 10.1. The van der Waals surface area contributed by atoms with Crippen molar-refractivity contribution in [2.45, 2.75) is 26.3 Å². The maximum absolute atomic E-state index is 4.67. The van der Waals surface area contributed by atoms with E-state index in [2.05, 4.69) is 55.0 Å². The van der Waals surface area contributed by atoms with Crippen LogP contribution in [0.3, 0.4) is 0 Å². The summed E-state index contributed by atoms with van der Waals surface area (Å²) < 4.78 is 4.28. The molecule has 0 fully saturated rings. The molecule has 2 nitrogen and oxygen atoms in total. The van der Waals surface area contributed by atoms with E-state index < -0.39 is 0 Å². The summed E-state index contributed by atoms with van der Waals surface area (Å²) in [5.41, 5.74) is 0. The first kappa shape index (κ1) is 13.3. The first-order valence-electron chi connectivity index (χ1n) is 4.06. The monoisotopic (exact) mass is 272 g/mol. The second-order valence-corrected chi connectivity index (χ2v) is 4.27. The zero-order valence-corrected chi connectivity index (χ0v) is 10.3. The minimum absolute atomic E-state index is 0.757. The molecule has 0 amide bonds. The van der Waals surface area contributed by atoms with Gasteiger partial charge in [0.05, 0.1) is 13.6 Å². The van der Waals surface area contributed by atoms with Crippen LogP contribution in [0.25, 0.3) is 0 Å². The molecule has 1 rings (SSSR count). The fourth-order valence-electron chi connectivity index (χ4n) is 0.975. The van der Waals surface area contributed by atoms with Gasteiger partial charge in [0.15, 0.2) is 0 Å². The number of unbranched alkanes of at least 4 members (excludes halogenated alkanes) is 1. The van der Waals surface area contributed by atoms with Gasteiger partial charge < -0.3 is 0 Å². The topological polar surface area (TPSA) is 8.81 Å². The van der Waals surface area contributed by atoms with Crippen molar-refractivity contribution in [3.8, 4) is 0 Å². The number of hydrogen-bond donors (Lipinski definition) is 0. The van der Waals surface area contributed by atoms with Crippen molar-refractivity contribution < 1.29 is 17.7 Å². The Morgan fingerprint density at radius 1 is 1.46 bits per heavy atom. The fourth-order valence-corrected chi connectivity index (χ4v) is 0.975. The van der Waals surface area contributed by atoms with Gasteiger partial charge in [0.25, 0.3) is 0 Å². The third kappa shape index (κ3) is 7.39. The second kappa shape index (κ2) is 8.89. The zero-order valence-electron chi connectivity index (χ0n) is 7.81. The first-order chi connectivity index (χ1) is 6.24. The molecule has 0 radical (unpaired) electrons. The van der Waals surface area contributed by atoms with Crippen LogP contribution in [0.2, 0.25) is 0 Å². The fraction of sp³-hybridized carbons (Fsp3) is 0.625. The van der Waals surface area contributed by atoms with Crippen LogP contribution in [0, 0.1) is 0 Å². The Balaban J connectivity index is 0.000000424. The average molecular weight is 274 g/mol. The molecule has 1 heterocycles. The van der Waals surface area contributed by atoms with Gasteiger partial charge in [0, 0.05) is 0 Å². The van der Waals surface area contributed by atoms with Gasteiger partial charge in [-0.15, -0.1) is 0 Å². The standard InChI is InChI=1S/C8H15N2.2ClH.Cu/c1-3-4-5-10-7-6-9(2)8-10;;;/h6-8H,3-5H2,1-2H3;2*1H;/q+1;;;+1/p-2. The number of aryl methyl sites for hydroxylation is 2. The van der Waals surface area contributed by atoms with Crippen molar-refractivity contribution in [1.29, 1.82) is 0 Å². The molecule has 82 valence electrons. The second-order valence-electron chi connectivity index (χ2n) is 2.71. The third-order valence-electron chi connectivity index (χ3n) is 1.59. The number of aromatic nitrogens is 2. The minimum atomic E-state index is 0.757. The van der Waals surface area contributed by atoms with Gasteiger partial charge >= 0.3 is 33.3 Å². The summed E-state index contributed by atoms with van der Waals surface area (Å²) in [5, 5.41) is 0. The van der Waals surface area contributed by atoms with Crippen LogP contribution >= 0.6 is 20.2 Å². The van der Waals surface area contributed by atoms with Crippen molar-refractivity contribution in [2.75, 3.05) is 0 Å². The van der Waals surface area contributed by atoms with Crippen LogP contribution in [-0.4, -0.2) is 4.57 Å². The Morgan fingerprint density at radius 2 is 2.08 bits per heavy atom. The number of rotatable bonds is 3. The molecule has 0 aromatic carbocycles. The summed E-state index contributed by atoms with van der Waals surface area (Å²) in [7, 11) is 11.4. The van der Waals surface area contributed by atoms with Crippen LogP contribution in [0.4, 0.5) is 0 Å². The predicted octanol–water partition coefficient (Wildman–Crippen LogP) is 2.49. The van der Waals surface area contributed by atoms with Gasteiger partial charge in [-0.25, -0.2) is 9.13 Å². The Labute approximate surface area is 94.5 Å². The number of imidazole rings is 1. The number of hydrogen-bond acceptors (Lipinski definition) is 0. The van der Waals surface area contributed by atoms with Gasteiger partial charge in [-0.3, -0.25) is 0 Å². The molecular weight excluding hydrogens is 259 g/mol. The molecule has 0 unspecified atom stereocenters. The molecule has 0 aliphatic rings. The van der Waals surface area contributed by atoms with Crippen LogP contribution in [-0.2, 0) is 26.7 Å². The summed E-state index contributed by atoms with van der Waals surface area (Å²) in [6.45, 7) is 3.36. The molecule has 0 atom stereocenters. The van der Waals surface area contributed by atoms with Gasteiger partial charge in [0.1, 0.15) is 12.4 Å². The molecule has 1 aromatic rings. The summed E-state index contributed by atoms with van der Waals surface area (Å²) >= 11 is 0.757. The van der Waals surface area contributed by atoms with Crippen LogP contribution in [0.5, 0.6) is 0 Å². The van der Waals surface area contributed by atoms with E-state index in [9.17, 15) is 0 Å². The number of halogens is 2. The van der Waals surface area contributed by atoms with Crippen LogP contribution in [0.1, 0.15) is 19.8 Å². The van der Waals surface area contributed by atoms with E-state index in [1.165, 1.54) is 12.8 Å². The summed E-state index contributed by atoms with van der Waals surface area (Å²) in [5.74, 6) is 0. The van der Waals surface area contributed by atoms with Gasteiger partial charge in [-0.2, -0.15) is 0 Å². The normalized spacial score (nSPS) is 9.54. The molecule has 0 saturated heterocycles. The molecule has 0 saturated carbocycles. The van der Waals surface area contributed by atoms with E-state index in [0.717, 1.165) is 19.7 Å². The SMILES string of the molecule is CCCCn1cc[n+](C)c1.[Cl][Cu-][Cl]. The molecule has 1 aromatic heterocycles. The predicted molar refractivity (Wildman–Crippen MR) is 52.2 cm³/mol. The molecule has 0 bridgehead atoms. The summed E-state index contributed by atoms with van der Waals surface area (Å²) in [4.78, 5) is 0. The quantitative estimate of drug-likeness (QED) is 0.591. The van der Waals surface area contributed by atoms with E-state index in [1.807, 2.05) is 7.05 Å². The molecule has 0 aliphatic carbocycles. The molecule has 13 heavy (non-hydrogen) atoms. The van der Waals surface area contributed by atoms with E-state index >= 15 is 0 Å². The molecular formula is C8H15Cl2CuN2.